The summed E-state index contributed by atoms with van der Waals surface area (Å²) >= 11 is 0. The van der Waals surface area contributed by atoms with Crippen LogP contribution in [0.4, 0.5) is 17.6 Å². The molecule has 3 aromatic rings. The molecule has 4 rings (SSSR count). The van der Waals surface area contributed by atoms with Crippen molar-refractivity contribution in [3.63, 3.8) is 0 Å². The van der Waals surface area contributed by atoms with Gasteiger partial charge in [0, 0.05) is 18.7 Å². The van der Waals surface area contributed by atoms with E-state index in [1.54, 1.807) is 6.92 Å². The summed E-state index contributed by atoms with van der Waals surface area (Å²) in [6.45, 7) is 1.55. The lowest BCUT2D eigenvalue weighted by atomic mass is 10.0. The van der Waals surface area contributed by atoms with Crippen molar-refractivity contribution in [1.29, 1.82) is 0 Å². The number of halogens is 4. The number of carbonyl (C=O) groups is 1. The van der Waals surface area contributed by atoms with Gasteiger partial charge in [0.2, 0.25) is 0 Å². The van der Waals surface area contributed by atoms with Gasteiger partial charge in [-0.3, -0.25) is 4.79 Å². The third-order valence-electron chi connectivity index (χ3n) is 4.66. The summed E-state index contributed by atoms with van der Waals surface area (Å²) in [7, 11) is 0. The number of carbonyl (C=O) groups excluding carboxylic acids is 1. The lowest BCUT2D eigenvalue weighted by Gasteiger charge is -2.32. The lowest BCUT2D eigenvalue weighted by Crippen LogP contribution is -2.43. The molecule has 0 saturated heterocycles. The number of aromatic hydroxyl groups is 1. The topological polar surface area (TPSA) is 110 Å². The molecule has 0 aliphatic carbocycles. The van der Waals surface area contributed by atoms with Crippen molar-refractivity contribution < 1.29 is 27.5 Å². The van der Waals surface area contributed by atoms with Crippen LogP contribution in [0, 0.1) is 5.82 Å². The monoisotopic (exact) mass is 423 g/mol. The van der Waals surface area contributed by atoms with E-state index in [0.717, 1.165) is 6.20 Å². The van der Waals surface area contributed by atoms with Crippen LogP contribution in [0.5, 0.6) is 5.75 Å². The summed E-state index contributed by atoms with van der Waals surface area (Å²) in [5, 5.41) is 17.2. The molecule has 1 aliphatic rings. The minimum atomic E-state index is -4.95. The molecule has 0 saturated carbocycles. The zero-order chi connectivity index (χ0) is 21.6. The Kier molecular flexibility index (Phi) is 4.59. The molecule has 30 heavy (non-hydrogen) atoms. The zero-order valence-electron chi connectivity index (χ0n) is 15.3. The highest BCUT2D eigenvalue weighted by Gasteiger charge is 2.39. The third kappa shape index (κ3) is 3.31. The molecule has 1 amide bonds. The van der Waals surface area contributed by atoms with Gasteiger partial charge >= 0.3 is 6.18 Å². The number of rotatable bonds is 2. The first kappa shape index (κ1) is 19.7. The summed E-state index contributed by atoms with van der Waals surface area (Å²) in [6.07, 6.45) is -1.62. The molecule has 1 aliphatic heterocycles. The summed E-state index contributed by atoms with van der Waals surface area (Å²) in [5.41, 5.74) is -1.50. The van der Waals surface area contributed by atoms with E-state index in [1.807, 2.05) is 0 Å². The highest BCUT2D eigenvalue weighted by molar-refractivity contribution is 5.93. The SMILES string of the molecule is C[C@H]1Cc2c(nnn2-c2ncc(O)cn2)CN1C(=O)c1nccc(C(F)(F)F)c1F. The highest BCUT2D eigenvalue weighted by atomic mass is 19.4. The molecule has 13 heteroatoms. The molecule has 156 valence electrons. The van der Waals surface area contributed by atoms with Gasteiger partial charge in [0.05, 0.1) is 30.2 Å². The van der Waals surface area contributed by atoms with Crippen molar-refractivity contribution >= 4 is 5.91 Å². The maximum absolute atomic E-state index is 14.4. The predicted molar refractivity (Wildman–Crippen MR) is 90.9 cm³/mol. The molecule has 3 aromatic heterocycles. The first-order valence-electron chi connectivity index (χ1n) is 8.64. The Balaban J connectivity index is 1.65. The van der Waals surface area contributed by atoms with Crippen molar-refractivity contribution in [3.8, 4) is 11.7 Å². The van der Waals surface area contributed by atoms with E-state index in [2.05, 4.69) is 25.3 Å². The molecule has 0 aromatic carbocycles. The summed E-state index contributed by atoms with van der Waals surface area (Å²) < 4.78 is 54.6. The summed E-state index contributed by atoms with van der Waals surface area (Å²) in [6, 6.07) is -0.0392. The van der Waals surface area contributed by atoms with Crippen LogP contribution in [-0.4, -0.2) is 51.9 Å². The van der Waals surface area contributed by atoms with Crippen molar-refractivity contribution in [3.05, 3.63) is 53.1 Å². The predicted octanol–water partition coefficient (Wildman–Crippen LogP) is 1.90. The number of hydrogen-bond acceptors (Lipinski definition) is 7. The van der Waals surface area contributed by atoms with Gasteiger partial charge in [0.1, 0.15) is 5.69 Å². The van der Waals surface area contributed by atoms with Gasteiger partial charge in [-0.15, -0.1) is 5.10 Å². The first-order chi connectivity index (χ1) is 14.2. The number of alkyl halides is 3. The Morgan fingerprint density at radius 3 is 2.60 bits per heavy atom. The molecule has 1 atom stereocenters. The average Bonchev–Trinajstić information content (AvgIpc) is 3.09. The molecule has 0 bridgehead atoms. The van der Waals surface area contributed by atoms with Crippen molar-refractivity contribution in [2.24, 2.45) is 0 Å². The van der Waals surface area contributed by atoms with Crippen LogP contribution in [0.25, 0.3) is 5.95 Å². The van der Waals surface area contributed by atoms with E-state index in [1.165, 1.54) is 22.0 Å². The van der Waals surface area contributed by atoms with Crippen molar-refractivity contribution in [2.45, 2.75) is 32.1 Å². The van der Waals surface area contributed by atoms with E-state index >= 15 is 0 Å². The molecular formula is C17H13F4N7O2. The second-order valence-electron chi connectivity index (χ2n) is 6.64. The van der Waals surface area contributed by atoms with Gasteiger partial charge in [-0.25, -0.2) is 19.3 Å². The highest BCUT2D eigenvalue weighted by Crippen LogP contribution is 2.33. The summed E-state index contributed by atoms with van der Waals surface area (Å²) in [4.78, 5) is 25.4. The fourth-order valence-electron chi connectivity index (χ4n) is 3.17. The van der Waals surface area contributed by atoms with Gasteiger partial charge in [0.25, 0.3) is 11.9 Å². The molecule has 0 fully saturated rings. The smallest absolute Gasteiger partial charge is 0.419 e. The lowest BCUT2D eigenvalue weighted by molar-refractivity contribution is -0.140. The number of fused-ring (bicyclic) bond motifs is 1. The molecular weight excluding hydrogens is 410 g/mol. The van der Waals surface area contributed by atoms with Crippen LogP contribution >= 0.6 is 0 Å². The third-order valence-corrected chi connectivity index (χ3v) is 4.66. The summed E-state index contributed by atoms with van der Waals surface area (Å²) in [5.74, 6) is -2.67. The molecule has 0 spiro atoms. The van der Waals surface area contributed by atoms with E-state index in [0.29, 0.717) is 17.5 Å². The fraction of sp³-hybridized carbons (Fsp3) is 0.294. The van der Waals surface area contributed by atoms with Crippen LogP contribution in [0.3, 0.4) is 0 Å². The van der Waals surface area contributed by atoms with Crippen LogP contribution in [-0.2, 0) is 19.1 Å². The zero-order valence-corrected chi connectivity index (χ0v) is 15.3. The van der Waals surface area contributed by atoms with E-state index < -0.39 is 35.2 Å². The first-order valence-corrected chi connectivity index (χ1v) is 8.64. The normalized spacial score (nSPS) is 16.4. The number of pyridine rings is 1. The number of aromatic nitrogens is 6. The van der Waals surface area contributed by atoms with Crippen LogP contribution in [0.15, 0.2) is 24.7 Å². The standard InChI is InChI=1S/C17H13F4N7O2/c1-8-4-12-11(25-26-28(12)16-23-5-9(29)6-24-16)7-27(8)15(30)14-13(18)10(2-3-22-14)17(19,20)21/h2-3,5-6,8,29H,4,7H2,1H3/t8-/m0/s1. The average molecular weight is 423 g/mol. The Labute approximate surface area is 166 Å². The van der Waals surface area contributed by atoms with Gasteiger partial charge in [-0.05, 0) is 13.0 Å². The maximum atomic E-state index is 14.4. The van der Waals surface area contributed by atoms with Crippen LogP contribution < -0.4 is 0 Å². The maximum Gasteiger partial charge on any atom is 0.419 e. The largest absolute Gasteiger partial charge is 0.505 e. The van der Waals surface area contributed by atoms with Gasteiger partial charge in [-0.2, -0.15) is 17.9 Å². The number of hydrogen-bond donors (Lipinski definition) is 1. The minimum absolute atomic E-state index is 0.106. The second-order valence-corrected chi connectivity index (χ2v) is 6.64. The second kappa shape index (κ2) is 7.00. The molecule has 0 radical (unpaired) electrons. The van der Waals surface area contributed by atoms with E-state index in [4.69, 9.17) is 0 Å². The molecule has 0 unspecified atom stereocenters. The quantitative estimate of drug-likeness (QED) is 0.627. The molecule has 1 N–H and O–H groups in total. The fourth-order valence-corrected chi connectivity index (χ4v) is 3.17. The Hall–Kier alpha value is -3.64. The Morgan fingerprint density at radius 2 is 1.93 bits per heavy atom. The van der Waals surface area contributed by atoms with Gasteiger partial charge in [-0.1, -0.05) is 5.21 Å². The number of nitrogens with zero attached hydrogens (tertiary/aromatic N) is 7. The number of amides is 1. The Morgan fingerprint density at radius 1 is 1.23 bits per heavy atom. The van der Waals surface area contributed by atoms with Crippen molar-refractivity contribution in [1.82, 2.24) is 34.8 Å². The molecule has 9 nitrogen and oxygen atoms in total. The molecule has 4 heterocycles. The van der Waals surface area contributed by atoms with E-state index in [-0.39, 0.29) is 24.7 Å². The van der Waals surface area contributed by atoms with Gasteiger partial charge < -0.3 is 10.0 Å². The van der Waals surface area contributed by atoms with Crippen LogP contribution in [0.2, 0.25) is 0 Å². The van der Waals surface area contributed by atoms with Crippen molar-refractivity contribution in [2.75, 3.05) is 0 Å². The minimum Gasteiger partial charge on any atom is -0.505 e. The Bertz CT molecular complexity index is 1110. The van der Waals surface area contributed by atoms with Gasteiger partial charge in [0.15, 0.2) is 17.3 Å². The van der Waals surface area contributed by atoms with Crippen LogP contribution in [0.1, 0.15) is 34.4 Å². The van der Waals surface area contributed by atoms with E-state index in [9.17, 15) is 27.5 Å².